The van der Waals surface area contributed by atoms with Gasteiger partial charge in [-0.05, 0) is 19.8 Å². The van der Waals surface area contributed by atoms with E-state index in [9.17, 15) is 35.0 Å². The van der Waals surface area contributed by atoms with Crippen LogP contribution in [-0.4, -0.2) is 75.1 Å². The molecule has 1 aliphatic heterocycles. The number of esters is 1. The lowest BCUT2D eigenvalue weighted by Crippen LogP contribution is -2.48. The minimum absolute atomic E-state index is 0.216. The lowest BCUT2D eigenvalue weighted by Gasteiger charge is -2.33. The summed E-state index contributed by atoms with van der Waals surface area (Å²) in [6, 6.07) is 0.134. The fourth-order valence-electron chi connectivity index (χ4n) is 3.04. The number of aromatic hydroxyl groups is 2. The predicted molar refractivity (Wildman–Crippen MR) is 99.3 cm³/mol. The summed E-state index contributed by atoms with van der Waals surface area (Å²) in [5.41, 5.74) is -1.47. The number of rotatable bonds is 4. The van der Waals surface area contributed by atoms with Gasteiger partial charge in [0.25, 0.3) is 5.91 Å². The van der Waals surface area contributed by atoms with Gasteiger partial charge in [0.05, 0.1) is 23.1 Å². The number of benzene rings is 1. The zero-order valence-electron chi connectivity index (χ0n) is 15.8. The van der Waals surface area contributed by atoms with Crippen LogP contribution < -0.4 is 5.23 Å². The average molecular weight is 432 g/mol. The van der Waals surface area contributed by atoms with Crippen molar-refractivity contribution in [1.29, 1.82) is 0 Å². The Balaban J connectivity index is 2.18. The van der Waals surface area contributed by atoms with Gasteiger partial charge in [-0.3, -0.25) is 24.9 Å². The van der Waals surface area contributed by atoms with E-state index >= 15 is 0 Å². The summed E-state index contributed by atoms with van der Waals surface area (Å²) in [4.78, 5) is 39.3. The number of likely N-dealkylation sites (tertiary alicyclic amines) is 1. The van der Waals surface area contributed by atoms with Gasteiger partial charge in [-0.15, -0.1) is 5.23 Å². The molecule has 0 radical (unpaired) electrons. The number of phenolic OH excluding ortho intramolecular Hbond substituents is 2. The van der Waals surface area contributed by atoms with E-state index in [0.717, 1.165) is 13.1 Å². The highest BCUT2D eigenvalue weighted by Crippen LogP contribution is 2.42. The van der Waals surface area contributed by atoms with Gasteiger partial charge in [-0.1, -0.05) is 11.6 Å². The number of carbonyl (C=O) groups is 3. The molecule has 29 heavy (non-hydrogen) atoms. The van der Waals surface area contributed by atoms with Crippen LogP contribution >= 0.6 is 11.6 Å². The van der Waals surface area contributed by atoms with E-state index in [0.29, 0.717) is 17.7 Å². The van der Waals surface area contributed by atoms with E-state index in [-0.39, 0.29) is 31.6 Å². The molecule has 3 amide bonds. The molecule has 0 spiro atoms. The van der Waals surface area contributed by atoms with Gasteiger partial charge >= 0.3 is 12.0 Å². The lowest BCUT2D eigenvalue weighted by atomic mass is 9.97. The predicted octanol–water partition coefficient (Wildman–Crippen LogP) is 1.80. The molecule has 0 atom stereocenters. The van der Waals surface area contributed by atoms with Crippen molar-refractivity contribution >= 4 is 35.2 Å². The Hall–Kier alpha value is -2.76. The monoisotopic (exact) mass is 431 g/mol. The Morgan fingerprint density at radius 2 is 1.83 bits per heavy atom. The molecular formula is C17H22ClN3O8. The first kappa shape index (κ1) is 22.5. The van der Waals surface area contributed by atoms with Crippen LogP contribution in [-0.2, 0) is 9.53 Å². The van der Waals surface area contributed by atoms with Crippen LogP contribution in [0.15, 0.2) is 6.07 Å². The van der Waals surface area contributed by atoms with E-state index in [1.54, 1.807) is 6.92 Å². The Bertz CT molecular complexity index is 808. The Kier molecular flexibility index (Phi) is 7.11. The van der Waals surface area contributed by atoms with Gasteiger partial charge in [-0.25, -0.2) is 4.79 Å². The molecule has 1 aromatic rings. The van der Waals surface area contributed by atoms with E-state index < -0.39 is 44.9 Å². The lowest BCUT2D eigenvalue weighted by molar-refractivity contribution is -0.149. The second-order valence-electron chi connectivity index (χ2n) is 6.40. The molecule has 0 unspecified atom stereocenters. The molecule has 1 fully saturated rings. The molecule has 1 aromatic carbocycles. The maximum atomic E-state index is 12.8. The van der Waals surface area contributed by atoms with Gasteiger partial charge in [0, 0.05) is 26.2 Å². The molecule has 2 rings (SSSR count). The molecule has 1 aliphatic rings. The third-order valence-electron chi connectivity index (χ3n) is 4.60. The first-order chi connectivity index (χ1) is 13.6. The summed E-state index contributed by atoms with van der Waals surface area (Å²) in [6.07, 6.45) is 0.749. The number of carbonyl (C=O) groups excluding carboxylic acids is 3. The first-order valence-corrected chi connectivity index (χ1v) is 9.13. The van der Waals surface area contributed by atoms with Crippen molar-refractivity contribution in [2.75, 3.05) is 32.0 Å². The van der Waals surface area contributed by atoms with Crippen molar-refractivity contribution in [3.8, 4) is 11.5 Å². The maximum Gasteiger partial charge on any atom is 0.326 e. The minimum atomic E-state index is -1.04. The second-order valence-corrected chi connectivity index (χ2v) is 6.81. The van der Waals surface area contributed by atoms with Gasteiger partial charge < -0.3 is 19.8 Å². The number of halogens is 1. The van der Waals surface area contributed by atoms with Crippen LogP contribution in [0.1, 0.15) is 30.1 Å². The molecule has 1 saturated heterocycles. The van der Waals surface area contributed by atoms with Crippen LogP contribution in [0.4, 0.5) is 10.5 Å². The largest absolute Gasteiger partial charge is 0.504 e. The summed E-state index contributed by atoms with van der Waals surface area (Å²) in [5.74, 6) is -3.48. The van der Waals surface area contributed by atoms with Crippen LogP contribution in [0.5, 0.6) is 11.5 Å². The minimum Gasteiger partial charge on any atom is -0.504 e. The molecule has 0 bridgehead atoms. The molecule has 0 saturated carbocycles. The van der Waals surface area contributed by atoms with Crippen LogP contribution in [0.25, 0.3) is 0 Å². The quantitative estimate of drug-likeness (QED) is 0.317. The summed E-state index contributed by atoms with van der Waals surface area (Å²) in [5, 5.41) is 37.1. The van der Waals surface area contributed by atoms with Crippen molar-refractivity contribution < 1.29 is 39.7 Å². The van der Waals surface area contributed by atoms with Gasteiger partial charge in [0.1, 0.15) is 0 Å². The number of phenols is 2. The van der Waals surface area contributed by atoms with Crippen molar-refractivity contribution in [2.45, 2.75) is 19.8 Å². The third kappa shape index (κ3) is 4.63. The van der Waals surface area contributed by atoms with Crippen LogP contribution in [0.3, 0.4) is 0 Å². The van der Waals surface area contributed by atoms with Crippen LogP contribution in [0.2, 0.25) is 5.02 Å². The average Bonchev–Trinajstić information content (AvgIpc) is 2.68. The number of hydrogen-bond acceptors (Lipinski definition) is 9. The van der Waals surface area contributed by atoms with Gasteiger partial charge in [-0.2, -0.15) is 0 Å². The molecule has 1 heterocycles. The van der Waals surface area contributed by atoms with Crippen molar-refractivity contribution in [3.63, 3.8) is 0 Å². The van der Waals surface area contributed by atoms with Gasteiger partial charge in [0.2, 0.25) is 0 Å². The molecule has 0 aromatic heterocycles. The van der Waals surface area contributed by atoms with Crippen molar-refractivity contribution in [1.82, 2.24) is 9.80 Å². The fourth-order valence-corrected chi connectivity index (χ4v) is 3.32. The summed E-state index contributed by atoms with van der Waals surface area (Å²) in [7, 11) is 1.16. The van der Waals surface area contributed by atoms with E-state index in [2.05, 4.69) is 0 Å². The Morgan fingerprint density at radius 3 is 2.34 bits per heavy atom. The van der Waals surface area contributed by atoms with E-state index in [4.69, 9.17) is 16.3 Å². The van der Waals surface area contributed by atoms with Crippen LogP contribution in [0, 0.1) is 5.92 Å². The summed E-state index contributed by atoms with van der Waals surface area (Å²) < 4.78 is 4.97. The molecule has 160 valence electrons. The molecule has 0 aliphatic carbocycles. The molecule has 12 heteroatoms. The number of anilines is 1. The van der Waals surface area contributed by atoms with Gasteiger partial charge in [0.15, 0.2) is 17.2 Å². The molecule has 11 nitrogen and oxygen atoms in total. The normalized spacial score (nSPS) is 14.4. The van der Waals surface area contributed by atoms with Crippen molar-refractivity contribution in [2.24, 2.45) is 5.92 Å². The summed E-state index contributed by atoms with van der Waals surface area (Å²) >= 11 is 5.92. The zero-order valence-corrected chi connectivity index (χ0v) is 16.6. The number of urea groups is 1. The highest BCUT2D eigenvalue weighted by Gasteiger charge is 2.34. The third-order valence-corrected chi connectivity index (χ3v) is 4.89. The number of imide groups is 1. The smallest absolute Gasteiger partial charge is 0.326 e. The van der Waals surface area contributed by atoms with E-state index in [1.165, 1.54) is 4.90 Å². The number of ether oxygens (including phenoxy) is 1. The number of nitrogens with zero attached hydrogens (tertiary/aromatic N) is 3. The Morgan fingerprint density at radius 1 is 1.24 bits per heavy atom. The fraction of sp³-hybridized carbons (Fsp3) is 0.471. The number of hydrogen-bond donors (Lipinski definition) is 4. The topological polar surface area (TPSA) is 151 Å². The zero-order chi connectivity index (χ0) is 21.9. The highest BCUT2D eigenvalue weighted by molar-refractivity contribution is 6.35. The summed E-state index contributed by atoms with van der Waals surface area (Å²) in [6.45, 7) is 2.41. The number of piperidine rings is 1. The SMILES string of the molecule is CCOC(=O)C1CCN(C(=O)N(C)C(=O)c2c(Cl)cc(O)c(O)c2N(O)O)CC1. The highest BCUT2D eigenvalue weighted by atomic mass is 35.5. The van der Waals surface area contributed by atoms with Crippen molar-refractivity contribution in [3.05, 3.63) is 16.7 Å². The number of amides is 3. The maximum absolute atomic E-state index is 12.8. The van der Waals surface area contributed by atoms with E-state index in [1.807, 2.05) is 0 Å². The molecule has 4 N–H and O–H groups in total. The Labute approximate surface area is 171 Å². The standard InChI is InChI=1S/C17H22ClN3O8/c1-3-29-16(25)9-4-6-20(7-5-9)17(26)19(2)15(24)12-10(18)8-11(22)14(23)13(12)21(27)28/h8-9,22-23,27-28H,3-7H2,1-2H3. The second kappa shape index (κ2) is 9.16. The molecular weight excluding hydrogens is 410 g/mol. The first-order valence-electron chi connectivity index (χ1n) is 8.76.